The number of aromatic nitrogens is 2. The predicted molar refractivity (Wildman–Crippen MR) is 65.6 cm³/mol. The lowest BCUT2D eigenvalue weighted by Gasteiger charge is -2.37. The van der Waals surface area contributed by atoms with Gasteiger partial charge in [0.05, 0.1) is 31.1 Å². The normalized spacial score (nSPS) is 29.4. The molecule has 2 atom stereocenters. The summed E-state index contributed by atoms with van der Waals surface area (Å²) in [4.78, 5) is 2.55. The van der Waals surface area contributed by atoms with Crippen LogP contribution in [-0.2, 0) is 11.3 Å². The molecule has 1 saturated heterocycles. The Labute approximate surface area is 102 Å². The van der Waals surface area contributed by atoms with Crippen LogP contribution in [0.3, 0.4) is 0 Å². The Morgan fingerprint density at radius 1 is 1.41 bits per heavy atom. The number of nitrogens with zero attached hydrogens (tertiary/aromatic N) is 3. The van der Waals surface area contributed by atoms with Gasteiger partial charge in [0, 0.05) is 25.3 Å². The van der Waals surface area contributed by atoms with Gasteiger partial charge in [-0.05, 0) is 19.3 Å². The fraction of sp³-hybridized carbons (Fsp3) is 0.750. The van der Waals surface area contributed by atoms with Gasteiger partial charge in [-0.2, -0.15) is 5.10 Å². The molecule has 2 fully saturated rings. The highest BCUT2D eigenvalue weighted by Crippen LogP contribution is 2.29. The van der Waals surface area contributed by atoms with Crippen LogP contribution < -0.4 is 5.73 Å². The van der Waals surface area contributed by atoms with E-state index in [1.165, 1.54) is 19.3 Å². The third-order valence-electron chi connectivity index (χ3n) is 3.87. The van der Waals surface area contributed by atoms with Crippen molar-refractivity contribution in [1.29, 1.82) is 0 Å². The number of hydrogen-bond acceptors (Lipinski definition) is 4. The maximum atomic E-state index is 5.80. The Bertz CT molecular complexity index is 378. The van der Waals surface area contributed by atoms with Crippen LogP contribution in [0.15, 0.2) is 12.4 Å². The number of rotatable bonds is 3. The number of morpholine rings is 1. The SMILES string of the molecule is Nc1cnn(CCN2CCOC3CCCC32)c1. The van der Waals surface area contributed by atoms with Gasteiger partial charge in [0.15, 0.2) is 0 Å². The summed E-state index contributed by atoms with van der Waals surface area (Å²) in [5.41, 5.74) is 6.40. The first-order valence-electron chi connectivity index (χ1n) is 6.46. The zero-order valence-corrected chi connectivity index (χ0v) is 10.1. The van der Waals surface area contributed by atoms with E-state index in [1.54, 1.807) is 6.20 Å². The summed E-state index contributed by atoms with van der Waals surface area (Å²) in [5, 5.41) is 4.22. The van der Waals surface area contributed by atoms with Crippen LogP contribution in [0, 0.1) is 0 Å². The first kappa shape index (κ1) is 11.0. The summed E-state index contributed by atoms with van der Waals surface area (Å²) >= 11 is 0. The number of hydrogen-bond donors (Lipinski definition) is 1. The molecule has 2 unspecified atom stereocenters. The van der Waals surface area contributed by atoms with Crippen LogP contribution in [0.25, 0.3) is 0 Å². The van der Waals surface area contributed by atoms with Crippen molar-refractivity contribution in [3.05, 3.63) is 12.4 Å². The molecule has 1 aromatic heterocycles. The maximum Gasteiger partial charge on any atom is 0.0730 e. The van der Waals surface area contributed by atoms with Gasteiger partial charge in [-0.3, -0.25) is 9.58 Å². The summed E-state index contributed by atoms with van der Waals surface area (Å²) in [6.07, 6.45) is 7.90. The molecule has 94 valence electrons. The fourth-order valence-corrected chi connectivity index (χ4v) is 3.02. The van der Waals surface area contributed by atoms with E-state index in [9.17, 15) is 0 Å². The monoisotopic (exact) mass is 236 g/mol. The van der Waals surface area contributed by atoms with Crippen LogP contribution in [0.1, 0.15) is 19.3 Å². The second-order valence-electron chi connectivity index (χ2n) is 4.98. The van der Waals surface area contributed by atoms with Crippen molar-refractivity contribution >= 4 is 5.69 Å². The number of anilines is 1. The molecule has 5 heteroatoms. The molecule has 0 bridgehead atoms. The first-order chi connectivity index (χ1) is 8.33. The van der Waals surface area contributed by atoms with Gasteiger partial charge >= 0.3 is 0 Å². The fourth-order valence-electron chi connectivity index (χ4n) is 3.02. The van der Waals surface area contributed by atoms with E-state index in [-0.39, 0.29) is 0 Å². The molecule has 2 N–H and O–H groups in total. The van der Waals surface area contributed by atoms with Gasteiger partial charge in [0.1, 0.15) is 0 Å². The van der Waals surface area contributed by atoms with Crippen molar-refractivity contribution in [3.8, 4) is 0 Å². The van der Waals surface area contributed by atoms with E-state index in [0.717, 1.165) is 31.9 Å². The highest BCUT2D eigenvalue weighted by atomic mass is 16.5. The van der Waals surface area contributed by atoms with Gasteiger partial charge in [-0.25, -0.2) is 0 Å². The van der Waals surface area contributed by atoms with Crippen molar-refractivity contribution in [2.45, 2.75) is 38.0 Å². The topological polar surface area (TPSA) is 56.3 Å². The largest absolute Gasteiger partial charge is 0.396 e. The number of fused-ring (bicyclic) bond motifs is 1. The zero-order valence-electron chi connectivity index (χ0n) is 10.1. The standard InChI is InChI=1S/C12H20N4O/c13-10-8-14-16(9-10)5-4-15-6-7-17-12-3-1-2-11(12)15/h8-9,11-12H,1-7,13H2. The lowest BCUT2D eigenvalue weighted by Crippen LogP contribution is -2.49. The molecule has 0 radical (unpaired) electrons. The molecule has 5 nitrogen and oxygen atoms in total. The van der Waals surface area contributed by atoms with Crippen molar-refractivity contribution in [3.63, 3.8) is 0 Å². The molecular formula is C12H20N4O. The molecule has 1 aromatic rings. The molecule has 1 aliphatic carbocycles. The summed E-state index contributed by atoms with van der Waals surface area (Å²) in [5.74, 6) is 0. The molecule has 1 aliphatic heterocycles. The van der Waals surface area contributed by atoms with Crippen LogP contribution in [0.2, 0.25) is 0 Å². The summed E-state index contributed by atoms with van der Waals surface area (Å²) in [6.45, 7) is 3.90. The lowest BCUT2D eigenvalue weighted by molar-refractivity contribution is -0.0566. The molecule has 0 spiro atoms. The van der Waals surface area contributed by atoms with E-state index in [2.05, 4.69) is 10.00 Å². The zero-order chi connectivity index (χ0) is 11.7. The highest BCUT2D eigenvalue weighted by molar-refractivity contribution is 5.30. The van der Waals surface area contributed by atoms with E-state index < -0.39 is 0 Å². The van der Waals surface area contributed by atoms with Crippen molar-refractivity contribution < 1.29 is 4.74 Å². The Hall–Kier alpha value is -1.07. The lowest BCUT2D eigenvalue weighted by atomic mass is 10.1. The molecule has 2 aliphatic rings. The van der Waals surface area contributed by atoms with Crippen molar-refractivity contribution in [2.24, 2.45) is 0 Å². The second-order valence-corrected chi connectivity index (χ2v) is 4.98. The van der Waals surface area contributed by atoms with E-state index in [0.29, 0.717) is 12.1 Å². The number of nitrogen functional groups attached to an aromatic ring is 1. The van der Waals surface area contributed by atoms with Gasteiger partial charge in [-0.15, -0.1) is 0 Å². The smallest absolute Gasteiger partial charge is 0.0730 e. The van der Waals surface area contributed by atoms with Crippen LogP contribution in [-0.4, -0.2) is 46.5 Å². The van der Waals surface area contributed by atoms with Gasteiger partial charge in [-0.1, -0.05) is 0 Å². The second kappa shape index (κ2) is 4.66. The minimum atomic E-state index is 0.478. The van der Waals surface area contributed by atoms with E-state index >= 15 is 0 Å². The third kappa shape index (κ3) is 2.30. The predicted octanol–water partition coefficient (Wildman–Crippen LogP) is 0.719. The Kier molecular flexibility index (Phi) is 3.03. The van der Waals surface area contributed by atoms with Crippen molar-refractivity contribution in [2.75, 3.05) is 25.4 Å². The average molecular weight is 236 g/mol. The quantitative estimate of drug-likeness (QED) is 0.840. The van der Waals surface area contributed by atoms with Gasteiger partial charge < -0.3 is 10.5 Å². The molecular weight excluding hydrogens is 216 g/mol. The van der Waals surface area contributed by atoms with Crippen LogP contribution >= 0.6 is 0 Å². The summed E-state index contributed by atoms with van der Waals surface area (Å²) in [6, 6.07) is 0.636. The minimum Gasteiger partial charge on any atom is -0.396 e. The number of nitrogens with two attached hydrogens (primary N) is 1. The Morgan fingerprint density at radius 3 is 3.18 bits per heavy atom. The minimum absolute atomic E-state index is 0.478. The molecule has 0 aromatic carbocycles. The molecule has 3 rings (SSSR count). The van der Waals surface area contributed by atoms with Gasteiger partial charge in [0.2, 0.25) is 0 Å². The molecule has 0 amide bonds. The Balaban J connectivity index is 1.57. The molecule has 1 saturated carbocycles. The van der Waals surface area contributed by atoms with Crippen molar-refractivity contribution in [1.82, 2.24) is 14.7 Å². The van der Waals surface area contributed by atoms with E-state index in [1.807, 2.05) is 10.9 Å². The van der Waals surface area contributed by atoms with Crippen LogP contribution in [0.4, 0.5) is 5.69 Å². The summed E-state index contributed by atoms with van der Waals surface area (Å²) in [7, 11) is 0. The number of ether oxygens (including phenoxy) is 1. The Morgan fingerprint density at radius 2 is 2.35 bits per heavy atom. The third-order valence-corrected chi connectivity index (χ3v) is 3.87. The molecule has 2 heterocycles. The first-order valence-corrected chi connectivity index (χ1v) is 6.46. The summed E-state index contributed by atoms with van der Waals surface area (Å²) < 4.78 is 7.73. The van der Waals surface area contributed by atoms with E-state index in [4.69, 9.17) is 10.5 Å². The molecule has 17 heavy (non-hydrogen) atoms. The highest BCUT2D eigenvalue weighted by Gasteiger charge is 2.35. The maximum absolute atomic E-state index is 5.80. The van der Waals surface area contributed by atoms with Gasteiger partial charge in [0.25, 0.3) is 0 Å². The average Bonchev–Trinajstić information content (AvgIpc) is 2.94. The van der Waals surface area contributed by atoms with Crippen LogP contribution in [0.5, 0.6) is 0 Å².